The Morgan fingerprint density at radius 2 is 1.35 bits per heavy atom. The minimum absolute atomic E-state index is 0.0126. The highest BCUT2D eigenvalue weighted by atomic mass is 19.1. The van der Waals surface area contributed by atoms with E-state index in [0.29, 0.717) is 12.2 Å². The van der Waals surface area contributed by atoms with Crippen LogP contribution in [0.2, 0.25) is 0 Å². The van der Waals surface area contributed by atoms with Crippen molar-refractivity contribution in [2.24, 2.45) is 0 Å². The Kier molecular flexibility index (Phi) is 8.61. The molecule has 4 nitrogen and oxygen atoms in total. The zero-order valence-electron chi connectivity index (χ0n) is 20.8. The van der Waals surface area contributed by atoms with Crippen LogP contribution < -0.4 is 4.90 Å². The van der Waals surface area contributed by atoms with Crippen LogP contribution in [0.3, 0.4) is 0 Å². The van der Waals surface area contributed by atoms with Crippen molar-refractivity contribution in [2.45, 2.75) is 19.5 Å². The Labute approximate surface area is 217 Å². The average Bonchev–Trinajstić information content (AvgIpc) is 2.92. The number of benzene rings is 4. The number of rotatable bonds is 9. The molecule has 4 rings (SSSR count). The van der Waals surface area contributed by atoms with Crippen molar-refractivity contribution in [3.05, 3.63) is 143 Å². The quantitative estimate of drug-likeness (QED) is 0.258. The molecule has 0 aliphatic heterocycles. The molecule has 0 bridgehead atoms. The highest BCUT2D eigenvalue weighted by molar-refractivity contribution is 6.03. The standard InChI is InChI=1S/C32H29FN2O2/c1-34(23-26-11-6-3-7-12-26)32(37)22-28-13-8-14-30(21-28)35(24-27-15-18-29(33)19-16-27)31(36)20-17-25-9-4-2-5-10-25/h2-21H,22-24H2,1H3/b20-17+. The molecule has 0 fully saturated rings. The van der Waals surface area contributed by atoms with Gasteiger partial charge in [0.15, 0.2) is 0 Å². The summed E-state index contributed by atoms with van der Waals surface area (Å²) < 4.78 is 13.5. The van der Waals surface area contributed by atoms with Gasteiger partial charge in [-0.25, -0.2) is 4.39 Å². The lowest BCUT2D eigenvalue weighted by Crippen LogP contribution is -2.29. The fourth-order valence-electron chi connectivity index (χ4n) is 3.98. The van der Waals surface area contributed by atoms with E-state index in [1.54, 1.807) is 35.1 Å². The summed E-state index contributed by atoms with van der Waals surface area (Å²) in [6.07, 6.45) is 3.52. The first-order valence-electron chi connectivity index (χ1n) is 12.1. The number of anilines is 1. The topological polar surface area (TPSA) is 40.6 Å². The molecule has 2 amide bonds. The average molecular weight is 493 g/mol. The summed E-state index contributed by atoms with van der Waals surface area (Å²) in [5, 5.41) is 0. The number of likely N-dealkylation sites (N-methyl/N-ethyl adjacent to an activating group) is 1. The molecule has 4 aromatic carbocycles. The summed E-state index contributed by atoms with van der Waals surface area (Å²) in [6.45, 7) is 0.794. The van der Waals surface area contributed by atoms with Gasteiger partial charge >= 0.3 is 0 Å². The summed E-state index contributed by atoms with van der Waals surface area (Å²) in [6, 6.07) is 33.0. The maximum absolute atomic E-state index is 13.5. The lowest BCUT2D eigenvalue weighted by atomic mass is 10.1. The van der Waals surface area contributed by atoms with Crippen LogP contribution in [0.5, 0.6) is 0 Å². The van der Waals surface area contributed by atoms with Gasteiger partial charge in [0.25, 0.3) is 5.91 Å². The second-order valence-electron chi connectivity index (χ2n) is 8.88. The van der Waals surface area contributed by atoms with E-state index in [0.717, 1.165) is 22.3 Å². The van der Waals surface area contributed by atoms with E-state index < -0.39 is 0 Å². The van der Waals surface area contributed by atoms with Crippen molar-refractivity contribution in [2.75, 3.05) is 11.9 Å². The molecule has 0 radical (unpaired) electrons. The third kappa shape index (κ3) is 7.48. The number of nitrogens with zero attached hydrogens (tertiary/aromatic N) is 2. The zero-order valence-corrected chi connectivity index (χ0v) is 20.8. The van der Waals surface area contributed by atoms with E-state index in [1.807, 2.05) is 84.9 Å². The lowest BCUT2D eigenvalue weighted by Gasteiger charge is -2.23. The molecule has 186 valence electrons. The van der Waals surface area contributed by atoms with Gasteiger partial charge in [-0.2, -0.15) is 0 Å². The van der Waals surface area contributed by atoms with Gasteiger partial charge in [-0.15, -0.1) is 0 Å². The Morgan fingerprint density at radius 1 is 0.730 bits per heavy atom. The SMILES string of the molecule is CN(Cc1ccccc1)C(=O)Cc1cccc(N(Cc2ccc(F)cc2)C(=O)/C=C/c2ccccc2)c1. The molecule has 37 heavy (non-hydrogen) atoms. The number of hydrogen-bond acceptors (Lipinski definition) is 2. The predicted octanol–water partition coefficient (Wildman–Crippen LogP) is 6.27. The van der Waals surface area contributed by atoms with Crippen molar-refractivity contribution in [1.82, 2.24) is 4.90 Å². The van der Waals surface area contributed by atoms with Crippen LogP contribution in [-0.4, -0.2) is 23.8 Å². The van der Waals surface area contributed by atoms with Gasteiger partial charge < -0.3 is 9.80 Å². The van der Waals surface area contributed by atoms with Gasteiger partial charge in [-0.3, -0.25) is 9.59 Å². The molecule has 0 aliphatic carbocycles. The molecule has 0 saturated carbocycles. The molecular weight excluding hydrogens is 463 g/mol. The summed E-state index contributed by atoms with van der Waals surface area (Å²) in [4.78, 5) is 29.6. The fourth-order valence-corrected chi connectivity index (χ4v) is 3.98. The van der Waals surface area contributed by atoms with Gasteiger partial charge in [-0.1, -0.05) is 84.9 Å². The van der Waals surface area contributed by atoms with Crippen molar-refractivity contribution in [3.63, 3.8) is 0 Å². The number of amides is 2. The van der Waals surface area contributed by atoms with Crippen molar-refractivity contribution in [3.8, 4) is 0 Å². The summed E-state index contributed by atoms with van der Waals surface area (Å²) in [7, 11) is 1.79. The molecule has 0 spiro atoms. The number of halogens is 1. The van der Waals surface area contributed by atoms with Gasteiger partial charge in [0.05, 0.1) is 13.0 Å². The first-order valence-corrected chi connectivity index (χ1v) is 12.1. The lowest BCUT2D eigenvalue weighted by molar-refractivity contribution is -0.129. The van der Waals surface area contributed by atoms with Crippen LogP contribution in [0.4, 0.5) is 10.1 Å². The maximum Gasteiger partial charge on any atom is 0.251 e. The molecule has 0 aliphatic rings. The Bertz CT molecular complexity index is 1350. The van der Waals surface area contributed by atoms with E-state index in [2.05, 4.69) is 0 Å². The molecule has 0 heterocycles. The second-order valence-corrected chi connectivity index (χ2v) is 8.88. The van der Waals surface area contributed by atoms with Gasteiger partial charge in [0.2, 0.25) is 5.91 Å². The summed E-state index contributed by atoms with van der Waals surface area (Å²) in [5.41, 5.74) is 4.26. The van der Waals surface area contributed by atoms with Crippen LogP contribution >= 0.6 is 0 Å². The highest BCUT2D eigenvalue weighted by Gasteiger charge is 2.16. The van der Waals surface area contributed by atoms with Crippen LogP contribution in [0.1, 0.15) is 22.3 Å². The Morgan fingerprint density at radius 3 is 2.05 bits per heavy atom. The Hall–Kier alpha value is -4.51. The number of carbonyl (C=O) groups excluding carboxylic acids is 2. The van der Waals surface area contributed by atoms with Crippen LogP contribution in [0.25, 0.3) is 6.08 Å². The monoisotopic (exact) mass is 492 g/mol. The molecule has 4 aromatic rings. The maximum atomic E-state index is 13.5. The van der Waals surface area contributed by atoms with Gasteiger partial charge in [0, 0.05) is 25.4 Å². The number of hydrogen-bond donors (Lipinski definition) is 0. The molecule has 0 N–H and O–H groups in total. The molecule has 0 unspecified atom stereocenters. The Balaban J connectivity index is 1.54. The van der Waals surface area contributed by atoms with Crippen LogP contribution in [0, 0.1) is 5.82 Å². The smallest absolute Gasteiger partial charge is 0.251 e. The predicted molar refractivity (Wildman–Crippen MR) is 146 cm³/mol. The molecule has 5 heteroatoms. The van der Waals surface area contributed by atoms with E-state index in [4.69, 9.17) is 0 Å². The summed E-state index contributed by atoms with van der Waals surface area (Å²) in [5.74, 6) is -0.551. The van der Waals surface area contributed by atoms with Gasteiger partial charge in [0.1, 0.15) is 5.82 Å². The van der Waals surface area contributed by atoms with Crippen LogP contribution in [-0.2, 0) is 29.1 Å². The van der Waals surface area contributed by atoms with Crippen LogP contribution in [0.15, 0.2) is 115 Å². The summed E-state index contributed by atoms with van der Waals surface area (Å²) >= 11 is 0. The largest absolute Gasteiger partial charge is 0.341 e. The third-order valence-electron chi connectivity index (χ3n) is 6.00. The molecule has 0 atom stereocenters. The molecular formula is C32H29FN2O2. The first kappa shape index (κ1) is 25.6. The first-order chi connectivity index (χ1) is 18.0. The van der Waals surface area contributed by atoms with E-state index in [9.17, 15) is 14.0 Å². The highest BCUT2D eigenvalue weighted by Crippen LogP contribution is 2.21. The van der Waals surface area contributed by atoms with E-state index in [1.165, 1.54) is 18.2 Å². The van der Waals surface area contributed by atoms with E-state index in [-0.39, 0.29) is 30.6 Å². The van der Waals surface area contributed by atoms with E-state index >= 15 is 0 Å². The second kappa shape index (κ2) is 12.5. The van der Waals surface area contributed by atoms with Crippen molar-refractivity contribution < 1.29 is 14.0 Å². The zero-order chi connectivity index (χ0) is 26.0. The minimum atomic E-state index is -0.328. The normalized spacial score (nSPS) is 10.9. The molecule has 0 aromatic heterocycles. The number of carbonyl (C=O) groups is 2. The molecule has 0 saturated heterocycles. The van der Waals surface area contributed by atoms with Crippen molar-refractivity contribution >= 4 is 23.6 Å². The fraction of sp³-hybridized carbons (Fsp3) is 0.125. The third-order valence-corrected chi connectivity index (χ3v) is 6.00. The van der Waals surface area contributed by atoms with Gasteiger partial charge in [-0.05, 0) is 52.6 Å². The van der Waals surface area contributed by atoms with Crippen molar-refractivity contribution in [1.29, 1.82) is 0 Å². The minimum Gasteiger partial charge on any atom is -0.341 e.